The van der Waals surface area contributed by atoms with Crippen LogP contribution in [0.25, 0.3) is 11.5 Å². The molecule has 0 bridgehead atoms. The topological polar surface area (TPSA) is 26.0 Å². The van der Waals surface area contributed by atoms with Gasteiger partial charge in [-0.25, -0.2) is 4.98 Å². The molecule has 0 radical (unpaired) electrons. The summed E-state index contributed by atoms with van der Waals surface area (Å²) < 4.78 is 6.54. The molecule has 1 aromatic carbocycles. The van der Waals surface area contributed by atoms with E-state index in [2.05, 4.69) is 40.6 Å². The molecule has 0 aliphatic rings. The number of halogens is 2. The van der Waals surface area contributed by atoms with Crippen LogP contribution in [-0.2, 0) is 5.88 Å². The molecule has 0 saturated heterocycles. The van der Waals surface area contributed by atoms with Crippen LogP contribution in [0.4, 0.5) is 0 Å². The standard InChI is InChI=1S/C11H9ClINO/c1-7-3-2-4-9(10(7)13)11-14-8(5-12)6-15-11/h2-4,6H,5H2,1H3. The highest BCUT2D eigenvalue weighted by Crippen LogP contribution is 2.27. The smallest absolute Gasteiger partial charge is 0.227 e. The zero-order chi connectivity index (χ0) is 10.8. The molecule has 0 atom stereocenters. The first-order valence-corrected chi connectivity index (χ1v) is 6.09. The Morgan fingerprint density at radius 3 is 2.93 bits per heavy atom. The largest absolute Gasteiger partial charge is 0.444 e. The van der Waals surface area contributed by atoms with Crippen LogP contribution in [0.2, 0.25) is 0 Å². The minimum atomic E-state index is 0.381. The minimum absolute atomic E-state index is 0.381. The second kappa shape index (κ2) is 4.53. The molecule has 78 valence electrons. The second-order valence-corrected chi connectivity index (χ2v) is 4.56. The summed E-state index contributed by atoms with van der Waals surface area (Å²) in [7, 11) is 0. The van der Waals surface area contributed by atoms with Gasteiger partial charge in [0, 0.05) is 3.57 Å². The Morgan fingerprint density at radius 2 is 2.27 bits per heavy atom. The third-order valence-electron chi connectivity index (χ3n) is 2.11. The summed E-state index contributed by atoms with van der Waals surface area (Å²) in [5.41, 5.74) is 3.01. The second-order valence-electron chi connectivity index (χ2n) is 3.21. The zero-order valence-corrected chi connectivity index (χ0v) is 11.0. The van der Waals surface area contributed by atoms with Crippen LogP contribution in [0.1, 0.15) is 11.3 Å². The number of rotatable bonds is 2. The first kappa shape index (κ1) is 11.0. The van der Waals surface area contributed by atoms with Crippen LogP contribution in [-0.4, -0.2) is 4.98 Å². The van der Waals surface area contributed by atoms with E-state index in [1.54, 1.807) is 6.26 Å². The number of oxazole rings is 1. The van der Waals surface area contributed by atoms with Crippen molar-refractivity contribution in [3.63, 3.8) is 0 Å². The van der Waals surface area contributed by atoms with E-state index in [0.717, 1.165) is 14.8 Å². The quantitative estimate of drug-likeness (QED) is 0.613. The Balaban J connectivity index is 2.49. The lowest BCUT2D eigenvalue weighted by Gasteiger charge is -2.02. The van der Waals surface area contributed by atoms with Crippen molar-refractivity contribution >= 4 is 34.2 Å². The maximum atomic E-state index is 5.67. The molecular weight excluding hydrogens is 324 g/mol. The average molecular weight is 334 g/mol. The summed E-state index contributed by atoms with van der Waals surface area (Å²) >= 11 is 7.97. The van der Waals surface area contributed by atoms with E-state index < -0.39 is 0 Å². The van der Waals surface area contributed by atoms with Gasteiger partial charge in [0.05, 0.1) is 17.1 Å². The number of hydrogen-bond acceptors (Lipinski definition) is 2. The molecule has 2 aromatic rings. The monoisotopic (exact) mass is 333 g/mol. The molecule has 1 heterocycles. The van der Waals surface area contributed by atoms with Crippen LogP contribution in [0.3, 0.4) is 0 Å². The number of nitrogens with zero attached hydrogens (tertiary/aromatic N) is 1. The molecule has 2 nitrogen and oxygen atoms in total. The SMILES string of the molecule is Cc1cccc(-c2nc(CCl)co2)c1I. The van der Waals surface area contributed by atoms with Gasteiger partial charge in [0.25, 0.3) is 0 Å². The summed E-state index contributed by atoms with van der Waals surface area (Å²) in [4.78, 5) is 4.30. The number of benzene rings is 1. The van der Waals surface area contributed by atoms with Gasteiger partial charge in [-0.15, -0.1) is 11.6 Å². The molecular formula is C11H9ClINO. The number of aromatic nitrogens is 1. The lowest BCUT2D eigenvalue weighted by Crippen LogP contribution is -1.87. The molecule has 4 heteroatoms. The van der Waals surface area contributed by atoms with Gasteiger partial charge in [-0.2, -0.15) is 0 Å². The van der Waals surface area contributed by atoms with Crippen LogP contribution in [0, 0.1) is 10.5 Å². The maximum Gasteiger partial charge on any atom is 0.227 e. The molecule has 0 amide bonds. The van der Waals surface area contributed by atoms with Gasteiger partial charge < -0.3 is 4.42 Å². The fourth-order valence-electron chi connectivity index (χ4n) is 1.30. The summed E-state index contributed by atoms with van der Waals surface area (Å²) in [6, 6.07) is 6.06. The Labute approximate surface area is 107 Å². The first-order chi connectivity index (χ1) is 7.22. The maximum absolute atomic E-state index is 5.67. The van der Waals surface area contributed by atoms with Gasteiger partial charge in [-0.3, -0.25) is 0 Å². The van der Waals surface area contributed by atoms with Gasteiger partial charge in [0.2, 0.25) is 5.89 Å². The predicted molar refractivity (Wildman–Crippen MR) is 69.0 cm³/mol. The first-order valence-electron chi connectivity index (χ1n) is 4.48. The van der Waals surface area contributed by atoms with Crippen LogP contribution < -0.4 is 0 Å². The van der Waals surface area contributed by atoms with Crippen molar-refractivity contribution in [1.82, 2.24) is 4.98 Å². The molecule has 15 heavy (non-hydrogen) atoms. The minimum Gasteiger partial charge on any atom is -0.444 e. The molecule has 0 fully saturated rings. The fraction of sp³-hybridized carbons (Fsp3) is 0.182. The summed E-state index contributed by atoms with van der Waals surface area (Å²) in [6.45, 7) is 2.07. The Morgan fingerprint density at radius 1 is 1.47 bits per heavy atom. The van der Waals surface area contributed by atoms with Gasteiger partial charge in [-0.05, 0) is 41.1 Å². The molecule has 2 rings (SSSR count). The number of aryl methyl sites for hydroxylation is 1. The third kappa shape index (κ3) is 2.18. The van der Waals surface area contributed by atoms with Crippen LogP contribution in [0.15, 0.2) is 28.9 Å². The van der Waals surface area contributed by atoms with Crippen LogP contribution >= 0.6 is 34.2 Å². The van der Waals surface area contributed by atoms with E-state index in [1.165, 1.54) is 5.56 Å². The Kier molecular flexibility index (Phi) is 3.31. The van der Waals surface area contributed by atoms with Crippen LogP contribution in [0.5, 0.6) is 0 Å². The summed E-state index contributed by atoms with van der Waals surface area (Å²) in [5, 5.41) is 0. The highest BCUT2D eigenvalue weighted by molar-refractivity contribution is 14.1. The van der Waals surface area contributed by atoms with E-state index in [4.69, 9.17) is 16.0 Å². The van der Waals surface area contributed by atoms with Crippen molar-refractivity contribution in [3.8, 4) is 11.5 Å². The summed E-state index contributed by atoms with van der Waals surface area (Å²) in [5.74, 6) is 1.02. The number of hydrogen-bond donors (Lipinski definition) is 0. The fourth-order valence-corrected chi connectivity index (χ4v) is 2.02. The van der Waals surface area contributed by atoms with Gasteiger partial charge in [-0.1, -0.05) is 12.1 Å². The van der Waals surface area contributed by atoms with E-state index >= 15 is 0 Å². The molecule has 0 aliphatic heterocycles. The highest BCUT2D eigenvalue weighted by atomic mass is 127. The van der Waals surface area contributed by atoms with Crippen molar-refractivity contribution in [2.75, 3.05) is 0 Å². The predicted octanol–water partition coefficient (Wildman–Crippen LogP) is 3.99. The third-order valence-corrected chi connectivity index (χ3v) is 3.82. The van der Waals surface area contributed by atoms with Crippen molar-refractivity contribution in [3.05, 3.63) is 39.3 Å². The molecule has 0 N–H and O–H groups in total. The van der Waals surface area contributed by atoms with E-state index in [0.29, 0.717) is 11.8 Å². The molecule has 0 unspecified atom stereocenters. The van der Waals surface area contributed by atoms with E-state index in [-0.39, 0.29) is 0 Å². The highest BCUT2D eigenvalue weighted by Gasteiger charge is 2.10. The van der Waals surface area contributed by atoms with Gasteiger partial charge in [0.1, 0.15) is 6.26 Å². The van der Waals surface area contributed by atoms with E-state index in [1.807, 2.05) is 12.1 Å². The van der Waals surface area contributed by atoms with Gasteiger partial charge in [0.15, 0.2) is 0 Å². The van der Waals surface area contributed by atoms with Crippen molar-refractivity contribution in [1.29, 1.82) is 0 Å². The van der Waals surface area contributed by atoms with Gasteiger partial charge >= 0.3 is 0 Å². The van der Waals surface area contributed by atoms with Crippen molar-refractivity contribution < 1.29 is 4.42 Å². The average Bonchev–Trinajstić information content (AvgIpc) is 2.70. The zero-order valence-electron chi connectivity index (χ0n) is 8.13. The molecule has 0 spiro atoms. The Bertz CT molecular complexity index is 481. The molecule has 0 aliphatic carbocycles. The summed E-state index contributed by atoms with van der Waals surface area (Å²) in [6.07, 6.45) is 1.60. The molecule has 0 saturated carbocycles. The lowest BCUT2D eigenvalue weighted by molar-refractivity contribution is 0.573. The van der Waals surface area contributed by atoms with Crippen molar-refractivity contribution in [2.24, 2.45) is 0 Å². The van der Waals surface area contributed by atoms with E-state index in [9.17, 15) is 0 Å². The van der Waals surface area contributed by atoms with Crippen molar-refractivity contribution in [2.45, 2.75) is 12.8 Å². The number of alkyl halides is 1. The lowest BCUT2D eigenvalue weighted by atomic mass is 10.1. The normalized spacial score (nSPS) is 10.6. The molecule has 1 aromatic heterocycles. The Hall–Kier alpha value is -0.550.